The fourth-order valence-corrected chi connectivity index (χ4v) is 4.11. The first-order valence-corrected chi connectivity index (χ1v) is 12.2. The van der Waals surface area contributed by atoms with Gasteiger partial charge in [0, 0.05) is 45.2 Å². The number of nitrogens with one attached hydrogen (secondary N) is 1. The van der Waals surface area contributed by atoms with Gasteiger partial charge in [0.05, 0.1) is 11.3 Å². The molecule has 9 heteroatoms. The van der Waals surface area contributed by atoms with E-state index in [1.165, 1.54) is 18.2 Å². The lowest BCUT2D eigenvalue weighted by Gasteiger charge is -2.18. The summed E-state index contributed by atoms with van der Waals surface area (Å²) in [7, 11) is 0. The van der Waals surface area contributed by atoms with E-state index in [0.717, 1.165) is 17.8 Å². The number of ether oxygens (including phenoxy) is 1. The van der Waals surface area contributed by atoms with Gasteiger partial charge in [-0.2, -0.15) is 0 Å². The molecule has 0 bridgehead atoms. The summed E-state index contributed by atoms with van der Waals surface area (Å²) in [5.74, 6) is -2.71. The van der Waals surface area contributed by atoms with Crippen LogP contribution in [-0.2, 0) is 11.4 Å². The number of aromatic nitrogens is 1. The third-order valence-electron chi connectivity index (χ3n) is 5.91. The molecule has 0 aliphatic carbocycles. The summed E-state index contributed by atoms with van der Waals surface area (Å²) in [5.41, 5.74) is 2.99. The Balaban J connectivity index is 1.79. The van der Waals surface area contributed by atoms with Crippen molar-refractivity contribution in [2.45, 2.75) is 27.4 Å². The van der Waals surface area contributed by atoms with E-state index in [0.29, 0.717) is 33.4 Å². The van der Waals surface area contributed by atoms with Gasteiger partial charge in [-0.3, -0.25) is 4.79 Å². The lowest BCUT2D eigenvalue weighted by Crippen LogP contribution is -2.18. The van der Waals surface area contributed by atoms with Gasteiger partial charge < -0.3 is 19.7 Å². The summed E-state index contributed by atoms with van der Waals surface area (Å²) in [6.07, 6.45) is 0. The van der Waals surface area contributed by atoms with Crippen LogP contribution < -0.4 is 10.1 Å². The van der Waals surface area contributed by atoms with E-state index in [1.807, 2.05) is 23.6 Å². The standard InChI is InChI=1S/C29H25ClF2N2O4/c1-16(2)28(35)33-22-10-19(29(36)37)11-23(14-22)34-17(3)4-8-26(34)24-12-20(30)6-9-27(24)38-15-18-5-7-21(31)13-25(18)32/h4-14,16H,15H2,1-3H3,(H,33,35)(H,36,37). The molecule has 0 aliphatic heterocycles. The van der Waals surface area contributed by atoms with Crippen LogP contribution in [0, 0.1) is 24.5 Å². The first-order valence-electron chi connectivity index (χ1n) is 11.8. The number of aromatic carboxylic acids is 1. The van der Waals surface area contributed by atoms with Gasteiger partial charge in [0.15, 0.2) is 0 Å². The molecule has 1 aromatic heterocycles. The highest BCUT2D eigenvalue weighted by Crippen LogP contribution is 2.37. The maximum absolute atomic E-state index is 14.2. The highest BCUT2D eigenvalue weighted by molar-refractivity contribution is 6.31. The third-order valence-corrected chi connectivity index (χ3v) is 6.14. The molecule has 0 saturated carbocycles. The zero-order valence-electron chi connectivity index (χ0n) is 20.9. The van der Waals surface area contributed by atoms with E-state index in [-0.39, 0.29) is 29.6 Å². The maximum atomic E-state index is 14.2. The second-order valence-corrected chi connectivity index (χ2v) is 9.51. The van der Waals surface area contributed by atoms with Gasteiger partial charge in [-0.15, -0.1) is 0 Å². The van der Waals surface area contributed by atoms with Crippen LogP contribution in [0.1, 0.15) is 35.5 Å². The number of aryl methyl sites for hydroxylation is 1. The van der Waals surface area contributed by atoms with Crippen molar-refractivity contribution in [3.05, 3.63) is 100 Å². The molecule has 4 aromatic rings. The number of carboxylic acids is 1. The quantitative estimate of drug-likeness (QED) is 0.247. The van der Waals surface area contributed by atoms with Gasteiger partial charge in [0.1, 0.15) is 24.0 Å². The van der Waals surface area contributed by atoms with Gasteiger partial charge in [0.25, 0.3) is 0 Å². The number of carbonyl (C=O) groups excluding carboxylic acids is 1. The number of hydrogen-bond acceptors (Lipinski definition) is 3. The van der Waals surface area contributed by atoms with Crippen molar-refractivity contribution in [2.75, 3.05) is 5.32 Å². The van der Waals surface area contributed by atoms with Crippen LogP contribution in [0.5, 0.6) is 5.75 Å². The zero-order chi connectivity index (χ0) is 27.6. The minimum atomic E-state index is -1.15. The van der Waals surface area contributed by atoms with Crippen LogP contribution in [0.2, 0.25) is 5.02 Å². The molecule has 0 atom stereocenters. The van der Waals surface area contributed by atoms with Crippen LogP contribution >= 0.6 is 11.6 Å². The van der Waals surface area contributed by atoms with Crippen LogP contribution in [0.4, 0.5) is 14.5 Å². The Labute approximate surface area is 223 Å². The molecule has 4 rings (SSSR count). The molecule has 0 aliphatic rings. The Morgan fingerprint density at radius 3 is 2.47 bits per heavy atom. The molecule has 6 nitrogen and oxygen atoms in total. The van der Waals surface area contributed by atoms with E-state index in [4.69, 9.17) is 16.3 Å². The summed E-state index contributed by atoms with van der Waals surface area (Å²) in [6, 6.07) is 16.5. The number of carbonyl (C=O) groups is 2. The predicted molar refractivity (Wildman–Crippen MR) is 142 cm³/mol. The van der Waals surface area contributed by atoms with Crippen molar-refractivity contribution in [2.24, 2.45) is 5.92 Å². The van der Waals surface area contributed by atoms with Gasteiger partial charge in [-0.05, 0) is 67.6 Å². The SMILES string of the molecule is Cc1ccc(-c2cc(Cl)ccc2OCc2ccc(F)cc2F)n1-c1cc(NC(=O)C(C)C)cc(C(=O)O)c1. The average molecular weight is 539 g/mol. The molecule has 0 saturated heterocycles. The maximum Gasteiger partial charge on any atom is 0.335 e. The summed E-state index contributed by atoms with van der Waals surface area (Å²) in [5, 5.41) is 12.9. The highest BCUT2D eigenvalue weighted by atomic mass is 35.5. The van der Waals surface area contributed by atoms with Gasteiger partial charge in [0.2, 0.25) is 5.91 Å². The van der Waals surface area contributed by atoms with Crippen LogP contribution in [-0.4, -0.2) is 21.6 Å². The number of rotatable bonds is 8. The Bertz CT molecular complexity index is 1530. The third kappa shape index (κ3) is 5.86. The van der Waals surface area contributed by atoms with Crippen molar-refractivity contribution in [1.82, 2.24) is 4.57 Å². The minimum Gasteiger partial charge on any atom is -0.488 e. The highest BCUT2D eigenvalue weighted by Gasteiger charge is 2.18. The van der Waals surface area contributed by atoms with E-state index in [9.17, 15) is 23.5 Å². The van der Waals surface area contributed by atoms with Crippen LogP contribution in [0.3, 0.4) is 0 Å². The van der Waals surface area contributed by atoms with E-state index < -0.39 is 17.6 Å². The molecule has 196 valence electrons. The molecule has 0 radical (unpaired) electrons. The van der Waals surface area contributed by atoms with E-state index in [1.54, 1.807) is 38.1 Å². The van der Waals surface area contributed by atoms with Crippen molar-refractivity contribution in [3.63, 3.8) is 0 Å². The van der Waals surface area contributed by atoms with Crippen molar-refractivity contribution in [3.8, 4) is 22.7 Å². The smallest absolute Gasteiger partial charge is 0.335 e. The largest absolute Gasteiger partial charge is 0.488 e. The topological polar surface area (TPSA) is 80.6 Å². The Morgan fingerprint density at radius 2 is 1.79 bits per heavy atom. The number of carboxylic acid groups (broad SMARTS) is 1. The van der Waals surface area contributed by atoms with Gasteiger partial charge in [-0.25, -0.2) is 13.6 Å². The average Bonchev–Trinajstić information content (AvgIpc) is 3.25. The molecular formula is C29H25ClF2N2O4. The number of anilines is 1. The molecule has 2 N–H and O–H groups in total. The lowest BCUT2D eigenvalue weighted by atomic mass is 10.1. The number of benzene rings is 3. The fourth-order valence-electron chi connectivity index (χ4n) is 3.94. The van der Waals surface area contributed by atoms with E-state index in [2.05, 4.69) is 5.32 Å². The Morgan fingerprint density at radius 1 is 1.03 bits per heavy atom. The number of hydrogen-bond donors (Lipinski definition) is 2. The first kappa shape index (κ1) is 26.9. The molecule has 3 aromatic carbocycles. The second kappa shape index (κ2) is 11.1. The summed E-state index contributed by atoms with van der Waals surface area (Å²) >= 11 is 6.32. The molecule has 0 fully saturated rings. The Hall–Kier alpha value is -4.17. The number of halogens is 3. The minimum absolute atomic E-state index is 0.00467. The zero-order valence-corrected chi connectivity index (χ0v) is 21.6. The van der Waals surface area contributed by atoms with Crippen LogP contribution in [0.25, 0.3) is 16.9 Å². The fraction of sp³-hybridized carbons (Fsp3) is 0.172. The van der Waals surface area contributed by atoms with Crippen molar-refractivity contribution in [1.29, 1.82) is 0 Å². The Kier molecular flexibility index (Phi) is 7.83. The second-order valence-electron chi connectivity index (χ2n) is 9.08. The summed E-state index contributed by atoms with van der Waals surface area (Å²) < 4.78 is 35.2. The number of amides is 1. The molecule has 38 heavy (non-hydrogen) atoms. The lowest BCUT2D eigenvalue weighted by molar-refractivity contribution is -0.118. The summed E-state index contributed by atoms with van der Waals surface area (Å²) in [4.78, 5) is 24.2. The molecule has 0 unspecified atom stereocenters. The molecule has 0 spiro atoms. The molecule has 1 amide bonds. The predicted octanol–water partition coefficient (Wildman–Crippen LogP) is 7.26. The van der Waals surface area contributed by atoms with E-state index >= 15 is 0 Å². The van der Waals surface area contributed by atoms with Gasteiger partial charge >= 0.3 is 5.97 Å². The molecular weight excluding hydrogens is 514 g/mol. The monoisotopic (exact) mass is 538 g/mol. The van der Waals surface area contributed by atoms with Crippen molar-refractivity contribution < 1.29 is 28.2 Å². The van der Waals surface area contributed by atoms with Crippen molar-refractivity contribution >= 4 is 29.2 Å². The van der Waals surface area contributed by atoms with Gasteiger partial charge in [-0.1, -0.05) is 25.4 Å². The normalized spacial score (nSPS) is 11.0. The molecule has 1 heterocycles. The first-order chi connectivity index (χ1) is 18.0. The van der Waals surface area contributed by atoms with Crippen LogP contribution in [0.15, 0.2) is 66.7 Å². The number of nitrogens with zero attached hydrogens (tertiary/aromatic N) is 1. The summed E-state index contributed by atoms with van der Waals surface area (Å²) in [6.45, 7) is 5.18.